The summed E-state index contributed by atoms with van der Waals surface area (Å²) in [6.07, 6.45) is 1.06. The van der Waals surface area contributed by atoms with Gasteiger partial charge in [0.2, 0.25) is 0 Å². The van der Waals surface area contributed by atoms with Crippen molar-refractivity contribution in [1.29, 1.82) is 0 Å². The maximum absolute atomic E-state index is 13.2. The molecule has 0 bridgehead atoms. The molecule has 2 heterocycles. The highest BCUT2D eigenvalue weighted by Gasteiger charge is 2.38. The van der Waals surface area contributed by atoms with Crippen molar-refractivity contribution >= 4 is 17.3 Å². The van der Waals surface area contributed by atoms with Crippen molar-refractivity contribution in [3.8, 4) is 17.6 Å². The van der Waals surface area contributed by atoms with Crippen LogP contribution in [0.15, 0.2) is 36.4 Å². The molecule has 0 radical (unpaired) electrons. The van der Waals surface area contributed by atoms with E-state index in [2.05, 4.69) is 11.8 Å². The van der Waals surface area contributed by atoms with Gasteiger partial charge in [-0.1, -0.05) is 24.0 Å². The third kappa shape index (κ3) is 4.47. The van der Waals surface area contributed by atoms with Gasteiger partial charge in [-0.25, -0.2) is 4.98 Å². The van der Waals surface area contributed by atoms with Crippen molar-refractivity contribution < 1.29 is 23.4 Å². The highest BCUT2D eigenvalue weighted by Crippen LogP contribution is 2.46. The van der Waals surface area contributed by atoms with E-state index >= 15 is 0 Å². The van der Waals surface area contributed by atoms with Crippen molar-refractivity contribution in [2.24, 2.45) is 0 Å². The van der Waals surface area contributed by atoms with Crippen LogP contribution < -0.4 is 4.74 Å². The molecule has 33 heavy (non-hydrogen) atoms. The van der Waals surface area contributed by atoms with Crippen molar-refractivity contribution in [2.75, 3.05) is 14.1 Å². The van der Waals surface area contributed by atoms with Crippen LogP contribution in [0.1, 0.15) is 59.2 Å². The number of aromatic nitrogens is 2. The van der Waals surface area contributed by atoms with Crippen LogP contribution in [0.2, 0.25) is 0 Å². The van der Waals surface area contributed by atoms with E-state index in [0.717, 1.165) is 22.4 Å². The van der Waals surface area contributed by atoms with E-state index in [-0.39, 0.29) is 11.8 Å². The van der Waals surface area contributed by atoms with Gasteiger partial charge in [0.25, 0.3) is 0 Å². The molecule has 2 aromatic carbocycles. The van der Waals surface area contributed by atoms with Crippen LogP contribution in [-0.4, -0.2) is 52.7 Å². The van der Waals surface area contributed by atoms with E-state index < -0.39 is 18.8 Å². The maximum atomic E-state index is 13.2. The van der Waals surface area contributed by atoms with Gasteiger partial charge in [-0.15, -0.1) is 0 Å². The quantitative estimate of drug-likeness (QED) is 0.448. The third-order valence-electron chi connectivity index (χ3n) is 5.80. The lowest BCUT2D eigenvalue weighted by molar-refractivity contribution is -0.0507. The van der Waals surface area contributed by atoms with E-state index in [4.69, 9.17) is 9.72 Å². The summed E-state index contributed by atoms with van der Waals surface area (Å²) in [6, 6.07) is 9.75. The number of ether oxygens (including phenoxy) is 1. The predicted molar refractivity (Wildman–Crippen MR) is 121 cm³/mol. The first-order valence-electron chi connectivity index (χ1n) is 10.7. The first-order valence-corrected chi connectivity index (χ1v) is 10.7. The second-order valence-corrected chi connectivity index (χ2v) is 8.38. The monoisotopic (exact) mass is 453 g/mol. The number of aliphatic hydroxyl groups is 1. The third-order valence-corrected chi connectivity index (χ3v) is 5.80. The van der Waals surface area contributed by atoms with Gasteiger partial charge in [0.1, 0.15) is 11.6 Å². The zero-order valence-corrected chi connectivity index (χ0v) is 18.6. The van der Waals surface area contributed by atoms with Gasteiger partial charge in [0.15, 0.2) is 6.29 Å². The zero-order valence-electron chi connectivity index (χ0n) is 18.6. The van der Waals surface area contributed by atoms with Crippen LogP contribution in [0.5, 0.6) is 5.75 Å². The molecule has 1 aliphatic heterocycles. The number of nitrogens with zero attached hydrogens (tertiary/aromatic N) is 3. The van der Waals surface area contributed by atoms with Gasteiger partial charge in [-0.3, -0.25) is 9.69 Å². The molecule has 4 rings (SSSR count). The molecular weight excluding hydrogens is 428 g/mol. The number of hydrogen-bond donors (Lipinski definition) is 1. The molecular formula is C25H25F2N3O3. The molecule has 1 aromatic heterocycles. The molecule has 3 atom stereocenters. The molecule has 1 N–H and O–H groups in total. The van der Waals surface area contributed by atoms with E-state index in [1.54, 1.807) is 13.0 Å². The van der Waals surface area contributed by atoms with Crippen molar-refractivity contribution in [3.05, 3.63) is 58.9 Å². The van der Waals surface area contributed by atoms with Crippen LogP contribution in [0.4, 0.5) is 8.78 Å². The number of carbonyl (C=O) groups is 1. The molecule has 0 saturated carbocycles. The number of aldehydes is 1. The van der Waals surface area contributed by atoms with E-state index in [0.29, 0.717) is 30.3 Å². The Bertz CT molecular complexity index is 1240. The summed E-state index contributed by atoms with van der Waals surface area (Å²) in [5.41, 5.74) is 3.03. The molecule has 0 aliphatic carbocycles. The number of halogens is 2. The highest BCUT2D eigenvalue weighted by atomic mass is 19.3. The fraction of sp³-hybridized carbons (Fsp3) is 0.360. The Morgan fingerprint density at radius 2 is 2.12 bits per heavy atom. The fourth-order valence-corrected chi connectivity index (χ4v) is 4.38. The Kier molecular flexibility index (Phi) is 6.45. The van der Waals surface area contributed by atoms with Crippen LogP contribution in [0.3, 0.4) is 0 Å². The topological polar surface area (TPSA) is 67.6 Å². The molecule has 8 heteroatoms. The van der Waals surface area contributed by atoms with Gasteiger partial charge in [-0.05, 0) is 51.7 Å². The normalized spacial score (nSPS) is 18.3. The summed E-state index contributed by atoms with van der Waals surface area (Å²) >= 11 is 0. The zero-order chi connectivity index (χ0) is 23.7. The average molecular weight is 453 g/mol. The first kappa shape index (κ1) is 22.9. The minimum Gasteiger partial charge on any atom is -0.434 e. The largest absolute Gasteiger partial charge is 0.434 e. The number of aliphatic hydroxyl groups excluding tert-OH is 1. The average Bonchev–Trinajstić information content (AvgIpc) is 3.30. The second kappa shape index (κ2) is 9.30. The van der Waals surface area contributed by atoms with Gasteiger partial charge in [-0.2, -0.15) is 8.78 Å². The Hall–Kier alpha value is -3.28. The molecule has 3 aromatic rings. The summed E-state index contributed by atoms with van der Waals surface area (Å²) < 4.78 is 33.2. The Morgan fingerprint density at radius 3 is 2.79 bits per heavy atom. The molecule has 0 amide bonds. The van der Waals surface area contributed by atoms with Crippen molar-refractivity contribution in [2.45, 2.75) is 44.6 Å². The van der Waals surface area contributed by atoms with Crippen LogP contribution in [-0.2, 0) is 0 Å². The highest BCUT2D eigenvalue weighted by molar-refractivity contribution is 5.82. The lowest BCUT2D eigenvalue weighted by Crippen LogP contribution is -2.18. The van der Waals surface area contributed by atoms with E-state index in [9.17, 15) is 18.7 Å². The maximum Gasteiger partial charge on any atom is 0.387 e. The van der Waals surface area contributed by atoms with Gasteiger partial charge < -0.3 is 14.4 Å². The molecule has 6 nitrogen and oxygen atoms in total. The van der Waals surface area contributed by atoms with Crippen LogP contribution in [0.25, 0.3) is 11.0 Å². The molecule has 0 spiro atoms. The standard InChI is InChI=1S/C25H25F2N3O3/c1-15(32)6-4-7-16-10-11-18-19(12-16)30-20(13-21(29(2)3)24(30)28-18)23-17(14-31)8-5-9-22(23)33-25(26)27/h5,8-12,14-15,20-21,25,32H,6,13H2,1-3H3/t15?,20-,21?/m1/s1. The lowest BCUT2D eigenvalue weighted by atomic mass is 9.96. The number of fused-ring (bicyclic) bond motifs is 3. The Balaban J connectivity index is 1.90. The smallest absolute Gasteiger partial charge is 0.387 e. The Morgan fingerprint density at radius 1 is 1.33 bits per heavy atom. The summed E-state index contributed by atoms with van der Waals surface area (Å²) in [5, 5.41) is 9.46. The summed E-state index contributed by atoms with van der Waals surface area (Å²) in [6.45, 7) is -1.33. The minimum atomic E-state index is -3.01. The number of carbonyl (C=O) groups excluding carboxylic acids is 1. The predicted octanol–water partition coefficient (Wildman–Crippen LogP) is 4.17. The molecule has 172 valence electrons. The van der Waals surface area contributed by atoms with Crippen molar-refractivity contribution in [1.82, 2.24) is 14.5 Å². The number of hydrogen-bond acceptors (Lipinski definition) is 5. The number of imidazole rings is 1. The van der Waals surface area contributed by atoms with Crippen molar-refractivity contribution in [3.63, 3.8) is 0 Å². The van der Waals surface area contributed by atoms with E-state index in [1.807, 2.05) is 41.8 Å². The SMILES string of the molecule is CC(O)CC#Cc1ccc2nc3n(c2c1)[C@@H](c1c(C=O)cccc1OC(F)F)CC3N(C)C. The molecule has 0 fully saturated rings. The summed E-state index contributed by atoms with van der Waals surface area (Å²) in [5.74, 6) is 6.79. The van der Waals surface area contributed by atoms with Gasteiger partial charge in [0, 0.05) is 23.1 Å². The first-order chi connectivity index (χ1) is 15.8. The van der Waals surface area contributed by atoms with Crippen LogP contribution in [0, 0.1) is 11.8 Å². The van der Waals surface area contributed by atoms with Crippen LogP contribution >= 0.6 is 0 Å². The van der Waals surface area contributed by atoms with E-state index in [1.165, 1.54) is 12.1 Å². The summed E-state index contributed by atoms with van der Waals surface area (Å²) in [4.78, 5) is 18.7. The summed E-state index contributed by atoms with van der Waals surface area (Å²) in [7, 11) is 3.87. The minimum absolute atomic E-state index is 0.0142. The van der Waals surface area contributed by atoms with Gasteiger partial charge >= 0.3 is 6.61 Å². The number of alkyl halides is 2. The lowest BCUT2D eigenvalue weighted by Gasteiger charge is -2.22. The second-order valence-electron chi connectivity index (χ2n) is 8.38. The Labute approximate surface area is 190 Å². The number of benzene rings is 2. The number of rotatable bonds is 6. The molecule has 2 unspecified atom stereocenters. The fourth-order valence-electron chi connectivity index (χ4n) is 4.38. The molecule has 0 saturated heterocycles. The van der Waals surface area contributed by atoms with Gasteiger partial charge in [0.05, 0.1) is 29.2 Å². The molecule has 1 aliphatic rings.